The Morgan fingerprint density at radius 2 is 2.37 bits per heavy atom. The number of rotatable bonds is 4. The molecule has 0 bridgehead atoms. The third-order valence-electron chi connectivity index (χ3n) is 3.65. The highest BCUT2D eigenvalue weighted by Crippen LogP contribution is 2.18. The molecular weight excluding hydrogens is 240 g/mol. The molecule has 0 radical (unpaired) electrons. The molecule has 0 aromatic carbocycles. The lowest BCUT2D eigenvalue weighted by molar-refractivity contribution is 0.172. The highest BCUT2D eigenvalue weighted by molar-refractivity contribution is 5.20. The van der Waals surface area contributed by atoms with Crippen molar-refractivity contribution in [1.82, 2.24) is 9.47 Å². The number of nitrogens with zero attached hydrogens (tertiary/aromatic N) is 2. The molecule has 0 saturated carbocycles. The molecule has 2 rings (SSSR count). The number of hydrogen-bond donors (Lipinski definition) is 1. The van der Waals surface area contributed by atoms with Gasteiger partial charge in [0.15, 0.2) is 5.75 Å². The number of likely N-dealkylation sites (tertiary alicyclic amines) is 1. The van der Waals surface area contributed by atoms with E-state index in [1.165, 1.54) is 25.1 Å². The van der Waals surface area contributed by atoms with Crippen LogP contribution < -0.4 is 5.43 Å². The van der Waals surface area contributed by atoms with Gasteiger partial charge < -0.3 is 9.67 Å². The summed E-state index contributed by atoms with van der Waals surface area (Å²) in [6.45, 7) is 9.49. The Morgan fingerprint density at radius 1 is 1.58 bits per heavy atom. The van der Waals surface area contributed by atoms with Crippen molar-refractivity contribution >= 4 is 0 Å². The standard InChI is InChI=1S/C15H22N2O2/c1-3-6-17-11-15(19)14(18)8-13(17)10-16-7-4-5-12(2)9-16/h3,8,11-12,19H,1,4-7,9-10H2,2H3. The molecule has 0 aliphatic carbocycles. The van der Waals surface area contributed by atoms with Crippen molar-refractivity contribution in [1.29, 1.82) is 0 Å². The van der Waals surface area contributed by atoms with Gasteiger partial charge >= 0.3 is 0 Å². The van der Waals surface area contributed by atoms with Crippen LogP contribution in [0.25, 0.3) is 0 Å². The van der Waals surface area contributed by atoms with Crippen LogP contribution in [0.4, 0.5) is 0 Å². The number of allylic oxidation sites excluding steroid dienone is 1. The molecule has 1 aliphatic rings. The van der Waals surface area contributed by atoms with E-state index in [1.54, 1.807) is 6.08 Å². The van der Waals surface area contributed by atoms with E-state index in [1.807, 2.05) is 4.57 Å². The van der Waals surface area contributed by atoms with Crippen LogP contribution in [0.1, 0.15) is 25.5 Å². The molecule has 1 saturated heterocycles. The lowest BCUT2D eigenvalue weighted by atomic mass is 10.0. The quantitative estimate of drug-likeness (QED) is 0.844. The first-order valence-corrected chi connectivity index (χ1v) is 6.85. The van der Waals surface area contributed by atoms with Crippen molar-refractivity contribution in [3.8, 4) is 5.75 Å². The molecule has 1 atom stereocenters. The summed E-state index contributed by atoms with van der Waals surface area (Å²) in [5.41, 5.74) is 0.636. The number of aromatic hydroxyl groups is 1. The van der Waals surface area contributed by atoms with Gasteiger partial charge in [-0.15, -0.1) is 6.58 Å². The fourth-order valence-corrected chi connectivity index (χ4v) is 2.71. The summed E-state index contributed by atoms with van der Waals surface area (Å²) in [6.07, 6.45) is 5.77. The van der Waals surface area contributed by atoms with Crippen molar-refractivity contribution in [2.45, 2.75) is 32.9 Å². The molecule has 2 heterocycles. The third-order valence-corrected chi connectivity index (χ3v) is 3.65. The van der Waals surface area contributed by atoms with E-state index in [4.69, 9.17) is 0 Å². The average molecular weight is 262 g/mol. The molecule has 4 heteroatoms. The Bertz CT molecular complexity index is 507. The summed E-state index contributed by atoms with van der Waals surface area (Å²) in [6, 6.07) is 1.54. The van der Waals surface area contributed by atoms with Crippen LogP contribution in [0.3, 0.4) is 0 Å². The second-order valence-corrected chi connectivity index (χ2v) is 5.44. The highest BCUT2D eigenvalue weighted by Gasteiger charge is 2.17. The van der Waals surface area contributed by atoms with Gasteiger partial charge in [-0.2, -0.15) is 0 Å². The van der Waals surface area contributed by atoms with Gasteiger partial charge in [-0.25, -0.2) is 0 Å². The Kier molecular flexibility index (Phi) is 4.43. The monoisotopic (exact) mass is 262 g/mol. The minimum atomic E-state index is -0.305. The predicted octanol–water partition coefficient (Wildman–Crippen LogP) is 1.97. The molecular formula is C15H22N2O2. The van der Waals surface area contributed by atoms with E-state index >= 15 is 0 Å². The zero-order chi connectivity index (χ0) is 13.8. The molecule has 1 aromatic rings. The van der Waals surface area contributed by atoms with Gasteiger partial charge in [0, 0.05) is 31.4 Å². The molecule has 104 valence electrons. The van der Waals surface area contributed by atoms with E-state index < -0.39 is 0 Å². The predicted molar refractivity (Wildman–Crippen MR) is 76.2 cm³/mol. The SMILES string of the molecule is C=CCn1cc(O)c(=O)cc1CN1CCCC(C)C1. The molecule has 1 N–H and O–H groups in total. The zero-order valence-corrected chi connectivity index (χ0v) is 11.5. The average Bonchev–Trinajstić information content (AvgIpc) is 2.36. The second kappa shape index (κ2) is 6.06. The number of hydrogen-bond acceptors (Lipinski definition) is 3. The lowest BCUT2D eigenvalue weighted by Crippen LogP contribution is -2.35. The number of piperidine rings is 1. The van der Waals surface area contributed by atoms with E-state index in [0.29, 0.717) is 12.5 Å². The van der Waals surface area contributed by atoms with E-state index in [9.17, 15) is 9.90 Å². The van der Waals surface area contributed by atoms with Crippen LogP contribution >= 0.6 is 0 Å². The van der Waals surface area contributed by atoms with Crippen LogP contribution in [0.2, 0.25) is 0 Å². The van der Waals surface area contributed by atoms with E-state index in [0.717, 1.165) is 25.3 Å². The highest BCUT2D eigenvalue weighted by atomic mass is 16.3. The first-order valence-electron chi connectivity index (χ1n) is 6.85. The fraction of sp³-hybridized carbons (Fsp3) is 0.533. The van der Waals surface area contributed by atoms with Crippen LogP contribution in [0, 0.1) is 5.92 Å². The van der Waals surface area contributed by atoms with E-state index in [-0.39, 0.29) is 11.2 Å². The summed E-state index contributed by atoms with van der Waals surface area (Å²) in [7, 11) is 0. The zero-order valence-electron chi connectivity index (χ0n) is 11.5. The van der Waals surface area contributed by atoms with Gasteiger partial charge in [0.25, 0.3) is 0 Å². The topological polar surface area (TPSA) is 45.5 Å². The Morgan fingerprint density at radius 3 is 3.05 bits per heavy atom. The van der Waals surface area contributed by atoms with Gasteiger partial charge in [-0.1, -0.05) is 13.0 Å². The summed E-state index contributed by atoms with van der Waals surface area (Å²) < 4.78 is 1.89. The molecule has 4 nitrogen and oxygen atoms in total. The summed E-state index contributed by atoms with van der Waals surface area (Å²) in [4.78, 5) is 14.0. The molecule has 0 spiro atoms. The van der Waals surface area contributed by atoms with Crippen LogP contribution in [-0.4, -0.2) is 27.7 Å². The van der Waals surface area contributed by atoms with Gasteiger partial charge in [-0.3, -0.25) is 9.69 Å². The first-order chi connectivity index (χ1) is 9.10. The van der Waals surface area contributed by atoms with Gasteiger partial charge in [0.1, 0.15) is 0 Å². The first kappa shape index (κ1) is 13.9. The molecule has 1 unspecified atom stereocenters. The van der Waals surface area contributed by atoms with Crippen molar-refractivity contribution in [3.05, 3.63) is 40.8 Å². The minimum Gasteiger partial charge on any atom is -0.503 e. The van der Waals surface area contributed by atoms with Crippen molar-refractivity contribution in [3.63, 3.8) is 0 Å². The Hall–Kier alpha value is -1.55. The van der Waals surface area contributed by atoms with Gasteiger partial charge in [0.2, 0.25) is 5.43 Å². The normalized spacial score (nSPS) is 20.4. The Labute approximate surface area is 114 Å². The smallest absolute Gasteiger partial charge is 0.223 e. The largest absolute Gasteiger partial charge is 0.503 e. The number of aromatic nitrogens is 1. The maximum atomic E-state index is 11.6. The van der Waals surface area contributed by atoms with Crippen molar-refractivity contribution < 1.29 is 5.11 Å². The van der Waals surface area contributed by atoms with E-state index in [2.05, 4.69) is 18.4 Å². The van der Waals surface area contributed by atoms with Crippen molar-refractivity contribution in [2.24, 2.45) is 5.92 Å². The number of pyridine rings is 1. The third kappa shape index (κ3) is 3.47. The summed E-state index contributed by atoms with van der Waals surface area (Å²) in [5, 5.41) is 9.52. The molecule has 0 amide bonds. The minimum absolute atomic E-state index is 0.197. The van der Waals surface area contributed by atoms with Gasteiger partial charge in [-0.05, 0) is 25.3 Å². The summed E-state index contributed by atoms with van der Waals surface area (Å²) in [5.74, 6) is 0.517. The lowest BCUT2D eigenvalue weighted by Gasteiger charge is -2.31. The van der Waals surface area contributed by atoms with Crippen molar-refractivity contribution in [2.75, 3.05) is 13.1 Å². The van der Waals surface area contributed by atoms with Crippen LogP contribution in [0.5, 0.6) is 5.75 Å². The maximum absolute atomic E-state index is 11.6. The molecule has 19 heavy (non-hydrogen) atoms. The Balaban J connectivity index is 2.20. The molecule has 1 aliphatic heterocycles. The molecule has 1 aromatic heterocycles. The van der Waals surface area contributed by atoms with Crippen LogP contribution in [-0.2, 0) is 13.1 Å². The van der Waals surface area contributed by atoms with Crippen LogP contribution in [0.15, 0.2) is 29.7 Å². The second-order valence-electron chi connectivity index (χ2n) is 5.44. The van der Waals surface area contributed by atoms with Gasteiger partial charge in [0.05, 0.1) is 6.20 Å². The fourth-order valence-electron chi connectivity index (χ4n) is 2.71. The summed E-state index contributed by atoms with van der Waals surface area (Å²) >= 11 is 0. The molecule has 1 fully saturated rings. The maximum Gasteiger partial charge on any atom is 0.223 e.